The molecule has 1 atom stereocenters. The second kappa shape index (κ2) is 6.48. The predicted octanol–water partition coefficient (Wildman–Crippen LogP) is 3.53. The summed E-state index contributed by atoms with van der Waals surface area (Å²) in [6.45, 7) is 5.21. The van der Waals surface area contributed by atoms with Gasteiger partial charge in [0.05, 0.1) is 5.56 Å². The van der Waals surface area contributed by atoms with E-state index in [2.05, 4.69) is 5.32 Å². The van der Waals surface area contributed by atoms with Crippen LogP contribution in [-0.4, -0.2) is 26.2 Å². The zero-order valence-corrected chi connectivity index (χ0v) is 11.7. The highest BCUT2D eigenvalue weighted by Crippen LogP contribution is 2.37. The Morgan fingerprint density at radius 2 is 2.05 bits per heavy atom. The molecule has 1 unspecified atom stereocenters. The summed E-state index contributed by atoms with van der Waals surface area (Å²) in [6, 6.07) is 5.88. The Bertz CT molecular complexity index is 431. The average Bonchev–Trinajstić information content (AvgIpc) is 2.44. The molecule has 1 N–H and O–H groups in total. The third-order valence-electron chi connectivity index (χ3n) is 3.75. The van der Waals surface area contributed by atoms with Crippen LogP contribution in [0.2, 0.25) is 0 Å². The molecular formula is C15H21F3N2. The molecule has 2 rings (SSSR count). The van der Waals surface area contributed by atoms with Gasteiger partial charge in [0.15, 0.2) is 0 Å². The van der Waals surface area contributed by atoms with Crippen LogP contribution in [0, 0.1) is 5.92 Å². The molecule has 1 fully saturated rings. The van der Waals surface area contributed by atoms with Gasteiger partial charge in [0.1, 0.15) is 0 Å². The summed E-state index contributed by atoms with van der Waals surface area (Å²) in [7, 11) is 0. The molecule has 0 amide bonds. The van der Waals surface area contributed by atoms with Gasteiger partial charge in [-0.15, -0.1) is 0 Å². The number of nitrogens with one attached hydrogen (secondary N) is 1. The maximum Gasteiger partial charge on any atom is 0.418 e. The van der Waals surface area contributed by atoms with E-state index in [4.69, 9.17) is 0 Å². The van der Waals surface area contributed by atoms with E-state index >= 15 is 0 Å². The molecule has 1 aromatic carbocycles. The molecule has 112 valence electrons. The number of nitrogens with zero attached hydrogens (tertiary/aromatic N) is 1. The standard InChI is InChI=1S/C15H21F3N2/c1-2-19-10-12-6-5-9-20(11-12)14-8-4-3-7-13(14)15(16,17)18/h3-4,7-8,12,19H,2,5-6,9-11H2,1H3. The fourth-order valence-electron chi connectivity index (χ4n) is 2.79. The van der Waals surface area contributed by atoms with Crippen molar-refractivity contribution in [2.24, 2.45) is 5.92 Å². The van der Waals surface area contributed by atoms with E-state index < -0.39 is 11.7 Å². The highest BCUT2D eigenvalue weighted by atomic mass is 19.4. The van der Waals surface area contributed by atoms with Crippen LogP contribution in [-0.2, 0) is 6.18 Å². The van der Waals surface area contributed by atoms with Crippen LogP contribution < -0.4 is 10.2 Å². The average molecular weight is 286 g/mol. The molecule has 0 bridgehead atoms. The van der Waals surface area contributed by atoms with Crippen molar-refractivity contribution in [1.29, 1.82) is 0 Å². The Labute approximate surface area is 118 Å². The van der Waals surface area contributed by atoms with Gasteiger partial charge in [-0.25, -0.2) is 0 Å². The Kier molecular flexibility index (Phi) is 4.91. The number of rotatable bonds is 4. The van der Waals surface area contributed by atoms with Gasteiger partial charge in [-0.05, 0) is 44.0 Å². The second-order valence-electron chi connectivity index (χ2n) is 5.28. The van der Waals surface area contributed by atoms with Crippen LogP contribution in [0.4, 0.5) is 18.9 Å². The molecule has 0 radical (unpaired) electrons. The van der Waals surface area contributed by atoms with Gasteiger partial charge in [0.2, 0.25) is 0 Å². The monoisotopic (exact) mass is 286 g/mol. The van der Waals surface area contributed by atoms with Crippen LogP contribution in [0.1, 0.15) is 25.3 Å². The summed E-state index contributed by atoms with van der Waals surface area (Å²) in [6.07, 6.45) is -2.26. The number of anilines is 1. The van der Waals surface area contributed by atoms with Crippen LogP contribution in [0.15, 0.2) is 24.3 Å². The molecule has 20 heavy (non-hydrogen) atoms. The zero-order chi connectivity index (χ0) is 14.6. The van der Waals surface area contributed by atoms with Crippen molar-refractivity contribution in [3.8, 4) is 0 Å². The first kappa shape index (κ1) is 15.2. The summed E-state index contributed by atoms with van der Waals surface area (Å²) in [5.41, 5.74) is -0.203. The number of hydrogen-bond donors (Lipinski definition) is 1. The van der Waals surface area contributed by atoms with Crippen molar-refractivity contribution in [3.05, 3.63) is 29.8 Å². The number of halogens is 3. The lowest BCUT2D eigenvalue weighted by molar-refractivity contribution is -0.137. The van der Waals surface area contributed by atoms with E-state index in [0.29, 0.717) is 24.7 Å². The Hall–Kier alpha value is -1.23. The topological polar surface area (TPSA) is 15.3 Å². The summed E-state index contributed by atoms with van der Waals surface area (Å²) >= 11 is 0. The summed E-state index contributed by atoms with van der Waals surface area (Å²) in [4.78, 5) is 1.88. The maximum atomic E-state index is 13.1. The highest BCUT2D eigenvalue weighted by molar-refractivity contribution is 5.55. The molecule has 0 spiro atoms. The van der Waals surface area contributed by atoms with Crippen LogP contribution in [0.5, 0.6) is 0 Å². The largest absolute Gasteiger partial charge is 0.418 e. The molecule has 1 aliphatic heterocycles. The third-order valence-corrected chi connectivity index (χ3v) is 3.75. The second-order valence-corrected chi connectivity index (χ2v) is 5.28. The molecular weight excluding hydrogens is 265 g/mol. The predicted molar refractivity (Wildman–Crippen MR) is 74.9 cm³/mol. The lowest BCUT2D eigenvalue weighted by Crippen LogP contribution is -2.40. The molecule has 1 saturated heterocycles. The van der Waals surface area contributed by atoms with Crippen molar-refractivity contribution in [3.63, 3.8) is 0 Å². The fourth-order valence-corrected chi connectivity index (χ4v) is 2.79. The van der Waals surface area contributed by atoms with Crippen molar-refractivity contribution < 1.29 is 13.2 Å². The molecule has 0 saturated carbocycles. The highest BCUT2D eigenvalue weighted by Gasteiger charge is 2.35. The fraction of sp³-hybridized carbons (Fsp3) is 0.600. The van der Waals surface area contributed by atoms with E-state index in [9.17, 15) is 13.2 Å². The first-order valence-corrected chi connectivity index (χ1v) is 7.14. The number of hydrogen-bond acceptors (Lipinski definition) is 2. The van der Waals surface area contributed by atoms with E-state index in [1.165, 1.54) is 12.1 Å². The molecule has 1 aliphatic rings. The number of benzene rings is 1. The van der Waals surface area contributed by atoms with Gasteiger partial charge in [-0.1, -0.05) is 19.1 Å². The lowest BCUT2D eigenvalue weighted by atomic mass is 9.96. The Morgan fingerprint density at radius 1 is 1.30 bits per heavy atom. The third kappa shape index (κ3) is 3.66. The normalized spacial score (nSPS) is 20.2. The zero-order valence-electron chi connectivity index (χ0n) is 11.7. The van der Waals surface area contributed by atoms with Crippen molar-refractivity contribution in [2.45, 2.75) is 25.9 Å². The van der Waals surface area contributed by atoms with Crippen LogP contribution in [0.25, 0.3) is 0 Å². The maximum absolute atomic E-state index is 13.1. The Balaban J connectivity index is 2.15. The Morgan fingerprint density at radius 3 is 2.75 bits per heavy atom. The molecule has 0 aromatic heterocycles. The first-order chi connectivity index (χ1) is 9.52. The van der Waals surface area contributed by atoms with Crippen molar-refractivity contribution >= 4 is 5.69 Å². The van der Waals surface area contributed by atoms with Gasteiger partial charge in [0.25, 0.3) is 0 Å². The van der Waals surface area contributed by atoms with E-state index in [1.54, 1.807) is 12.1 Å². The molecule has 1 aromatic rings. The van der Waals surface area contributed by atoms with Crippen LogP contribution >= 0.6 is 0 Å². The molecule has 2 nitrogen and oxygen atoms in total. The molecule has 5 heteroatoms. The van der Waals surface area contributed by atoms with E-state index in [1.807, 2.05) is 11.8 Å². The molecule has 0 aliphatic carbocycles. The number of piperidine rings is 1. The molecule has 1 heterocycles. The number of para-hydroxylation sites is 1. The van der Waals surface area contributed by atoms with Gasteiger partial charge in [-0.2, -0.15) is 13.2 Å². The minimum absolute atomic E-state index is 0.321. The van der Waals surface area contributed by atoms with Gasteiger partial charge >= 0.3 is 6.18 Å². The van der Waals surface area contributed by atoms with Gasteiger partial charge in [-0.3, -0.25) is 0 Å². The minimum Gasteiger partial charge on any atom is -0.371 e. The van der Waals surface area contributed by atoms with E-state index in [0.717, 1.165) is 25.9 Å². The first-order valence-electron chi connectivity index (χ1n) is 7.14. The van der Waals surface area contributed by atoms with Crippen LogP contribution in [0.3, 0.4) is 0 Å². The quantitative estimate of drug-likeness (QED) is 0.911. The number of alkyl halides is 3. The van der Waals surface area contributed by atoms with Crippen molar-refractivity contribution in [2.75, 3.05) is 31.1 Å². The summed E-state index contributed by atoms with van der Waals surface area (Å²) in [5.74, 6) is 0.421. The smallest absolute Gasteiger partial charge is 0.371 e. The van der Waals surface area contributed by atoms with Gasteiger partial charge in [0, 0.05) is 18.8 Å². The van der Waals surface area contributed by atoms with Gasteiger partial charge < -0.3 is 10.2 Å². The summed E-state index contributed by atoms with van der Waals surface area (Å²) < 4.78 is 39.2. The van der Waals surface area contributed by atoms with Crippen molar-refractivity contribution in [1.82, 2.24) is 5.32 Å². The van der Waals surface area contributed by atoms with E-state index in [-0.39, 0.29) is 0 Å². The SMILES string of the molecule is CCNCC1CCCN(c2ccccc2C(F)(F)F)C1. The lowest BCUT2D eigenvalue weighted by Gasteiger charge is -2.35. The summed E-state index contributed by atoms with van der Waals surface area (Å²) in [5, 5.41) is 3.29. The minimum atomic E-state index is -4.29.